The molecule has 1 aliphatic rings. The van der Waals surface area contributed by atoms with Crippen LogP contribution >= 0.6 is 15.9 Å². The molecule has 2 heterocycles. The number of hydrogen-bond donors (Lipinski definition) is 1. The number of aryl methyl sites for hydroxylation is 1. The molecule has 0 saturated carbocycles. The summed E-state index contributed by atoms with van der Waals surface area (Å²) >= 11 is 3.49. The molecule has 1 saturated heterocycles. The second-order valence-corrected chi connectivity index (χ2v) is 6.69. The average Bonchev–Trinajstić information content (AvgIpc) is 2.86. The number of carbonyl (C=O) groups excluding carboxylic acids is 1. The first-order valence-corrected chi connectivity index (χ1v) is 8.80. The molecule has 1 N–H and O–H groups in total. The number of piperidine rings is 1. The zero-order valence-electron chi connectivity index (χ0n) is 13.1. The Kier molecular flexibility index (Phi) is 6.30. The van der Waals surface area contributed by atoms with Gasteiger partial charge in [0.05, 0.1) is 0 Å². The maximum Gasteiger partial charge on any atom is 0.270 e. The molecule has 0 aromatic carbocycles. The number of aromatic nitrogens is 1. The summed E-state index contributed by atoms with van der Waals surface area (Å²) < 4.78 is 3.05. The zero-order chi connectivity index (χ0) is 15.2. The summed E-state index contributed by atoms with van der Waals surface area (Å²) in [5, 5.41) is 3.38. The number of nitrogens with one attached hydrogen (secondary N) is 1. The standard InChI is InChI=1S/C16H26BrN3O/c1-3-9-20-12-14(17)10-15(20)16(21)19(4-2)11-13-5-7-18-8-6-13/h10,12-13,18H,3-9,11H2,1-2H3. The van der Waals surface area contributed by atoms with Gasteiger partial charge in [0.1, 0.15) is 5.69 Å². The fourth-order valence-electron chi connectivity index (χ4n) is 2.97. The van der Waals surface area contributed by atoms with Gasteiger partial charge in [0, 0.05) is 30.3 Å². The molecule has 0 unspecified atom stereocenters. The Labute approximate surface area is 136 Å². The maximum atomic E-state index is 12.8. The molecule has 1 aromatic heterocycles. The third-order valence-corrected chi connectivity index (χ3v) is 4.59. The van der Waals surface area contributed by atoms with Crippen LogP contribution in [0.2, 0.25) is 0 Å². The average molecular weight is 356 g/mol. The van der Waals surface area contributed by atoms with Crippen molar-refractivity contribution in [2.24, 2.45) is 5.92 Å². The molecule has 118 valence electrons. The molecule has 0 bridgehead atoms. The van der Waals surface area contributed by atoms with Crippen LogP contribution < -0.4 is 5.32 Å². The summed E-state index contributed by atoms with van der Waals surface area (Å²) in [7, 11) is 0. The minimum atomic E-state index is 0.162. The van der Waals surface area contributed by atoms with Crippen molar-refractivity contribution in [3.8, 4) is 0 Å². The SMILES string of the molecule is CCCn1cc(Br)cc1C(=O)N(CC)CC1CCNCC1. The van der Waals surface area contributed by atoms with E-state index in [1.54, 1.807) is 0 Å². The monoisotopic (exact) mass is 355 g/mol. The van der Waals surface area contributed by atoms with Crippen LogP contribution in [0.4, 0.5) is 0 Å². The first kappa shape index (κ1) is 16.6. The summed E-state index contributed by atoms with van der Waals surface area (Å²) in [6.07, 6.45) is 5.38. The van der Waals surface area contributed by atoms with Crippen molar-refractivity contribution in [1.82, 2.24) is 14.8 Å². The van der Waals surface area contributed by atoms with Crippen LogP contribution in [0.3, 0.4) is 0 Å². The lowest BCUT2D eigenvalue weighted by Crippen LogP contribution is -2.39. The molecule has 21 heavy (non-hydrogen) atoms. The van der Waals surface area contributed by atoms with Crippen molar-refractivity contribution in [3.05, 3.63) is 22.4 Å². The Balaban J connectivity index is 2.08. The van der Waals surface area contributed by atoms with Gasteiger partial charge in [0.25, 0.3) is 5.91 Å². The van der Waals surface area contributed by atoms with Gasteiger partial charge in [-0.15, -0.1) is 0 Å². The largest absolute Gasteiger partial charge is 0.342 e. The molecular formula is C16H26BrN3O. The normalized spacial score (nSPS) is 16.1. The molecular weight excluding hydrogens is 330 g/mol. The fourth-order valence-corrected chi connectivity index (χ4v) is 3.44. The third kappa shape index (κ3) is 4.33. The molecule has 0 atom stereocenters. The summed E-state index contributed by atoms with van der Waals surface area (Å²) in [6, 6.07) is 1.95. The van der Waals surface area contributed by atoms with Gasteiger partial charge in [-0.1, -0.05) is 6.92 Å². The summed E-state index contributed by atoms with van der Waals surface area (Å²) in [5.74, 6) is 0.795. The number of hydrogen-bond acceptors (Lipinski definition) is 2. The summed E-state index contributed by atoms with van der Waals surface area (Å²) in [6.45, 7) is 8.90. The van der Waals surface area contributed by atoms with Crippen LogP contribution in [0.1, 0.15) is 43.6 Å². The van der Waals surface area contributed by atoms with Crippen LogP contribution in [0.25, 0.3) is 0 Å². The molecule has 1 aromatic rings. The van der Waals surface area contributed by atoms with Crippen LogP contribution in [-0.2, 0) is 6.54 Å². The van der Waals surface area contributed by atoms with Crippen molar-refractivity contribution in [2.45, 2.75) is 39.7 Å². The topological polar surface area (TPSA) is 37.3 Å². The van der Waals surface area contributed by atoms with E-state index < -0.39 is 0 Å². The molecule has 2 rings (SSSR count). The van der Waals surface area contributed by atoms with Crippen LogP contribution in [-0.4, -0.2) is 41.6 Å². The fraction of sp³-hybridized carbons (Fsp3) is 0.688. The number of halogens is 1. The molecule has 5 heteroatoms. The van der Waals surface area contributed by atoms with E-state index in [-0.39, 0.29) is 5.91 Å². The summed E-state index contributed by atoms with van der Waals surface area (Å²) in [4.78, 5) is 14.8. The number of nitrogens with zero attached hydrogens (tertiary/aromatic N) is 2. The van der Waals surface area contributed by atoms with Gasteiger partial charge in [-0.2, -0.15) is 0 Å². The molecule has 1 fully saturated rings. The highest BCUT2D eigenvalue weighted by molar-refractivity contribution is 9.10. The van der Waals surface area contributed by atoms with Crippen molar-refractivity contribution < 1.29 is 4.79 Å². The summed E-state index contributed by atoms with van der Waals surface area (Å²) in [5.41, 5.74) is 0.805. The van der Waals surface area contributed by atoms with Crippen LogP contribution in [0.5, 0.6) is 0 Å². The Morgan fingerprint density at radius 1 is 1.43 bits per heavy atom. The van der Waals surface area contributed by atoms with Gasteiger partial charge in [0.2, 0.25) is 0 Å². The Bertz CT molecular complexity index is 466. The molecule has 1 aliphatic heterocycles. The predicted molar refractivity (Wildman–Crippen MR) is 89.6 cm³/mol. The number of rotatable bonds is 6. The Hall–Kier alpha value is -0.810. The lowest BCUT2D eigenvalue weighted by atomic mass is 9.97. The van der Waals surface area contributed by atoms with Crippen LogP contribution in [0, 0.1) is 5.92 Å². The maximum absolute atomic E-state index is 12.8. The minimum Gasteiger partial charge on any atom is -0.342 e. The molecule has 0 aliphatic carbocycles. The van der Waals surface area contributed by atoms with Crippen molar-refractivity contribution in [3.63, 3.8) is 0 Å². The number of amides is 1. The Morgan fingerprint density at radius 3 is 2.76 bits per heavy atom. The minimum absolute atomic E-state index is 0.162. The highest BCUT2D eigenvalue weighted by Gasteiger charge is 2.23. The molecule has 0 radical (unpaired) electrons. The lowest BCUT2D eigenvalue weighted by molar-refractivity contribution is 0.0715. The van der Waals surface area contributed by atoms with Gasteiger partial charge in [-0.25, -0.2) is 0 Å². The molecule has 4 nitrogen and oxygen atoms in total. The van der Waals surface area contributed by atoms with Gasteiger partial charge >= 0.3 is 0 Å². The third-order valence-electron chi connectivity index (χ3n) is 4.15. The second kappa shape index (κ2) is 7.99. The quantitative estimate of drug-likeness (QED) is 0.850. The second-order valence-electron chi connectivity index (χ2n) is 5.77. The highest BCUT2D eigenvalue weighted by Crippen LogP contribution is 2.19. The van der Waals surface area contributed by atoms with Crippen molar-refractivity contribution in [1.29, 1.82) is 0 Å². The molecule has 1 amide bonds. The lowest BCUT2D eigenvalue weighted by Gasteiger charge is -2.29. The number of carbonyl (C=O) groups is 1. The smallest absolute Gasteiger partial charge is 0.270 e. The Morgan fingerprint density at radius 2 is 2.14 bits per heavy atom. The van der Waals surface area contributed by atoms with Crippen LogP contribution in [0.15, 0.2) is 16.7 Å². The molecule has 0 spiro atoms. The van der Waals surface area contributed by atoms with Gasteiger partial charge in [-0.3, -0.25) is 4.79 Å². The first-order chi connectivity index (χ1) is 10.2. The first-order valence-electron chi connectivity index (χ1n) is 8.01. The van der Waals surface area contributed by atoms with E-state index in [1.165, 1.54) is 12.8 Å². The predicted octanol–water partition coefficient (Wildman–Crippen LogP) is 3.12. The van der Waals surface area contributed by atoms with E-state index in [1.807, 2.05) is 17.2 Å². The highest BCUT2D eigenvalue weighted by atomic mass is 79.9. The van der Waals surface area contributed by atoms with E-state index in [2.05, 4.69) is 39.7 Å². The van der Waals surface area contributed by atoms with E-state index >= 15 is 0 Å². The van der Waals surface area contributed by atoms with E-state index in [0.29, 0.717) is 5.92 Å². The van der Waals surface area contributed by atoms with Crippen molar-refractivity contribution >= 4 is 21.8 Å². The van der Waals surface area contributed by atoms with Gasteiger partial charge < -0.3 is 14.8 Å². The zero-order valence-corrected chi connectivity index (χ0v) is 14.7. The van der Waals surface area contributed by atoms with Crippen molar-refractivity contribution in [2.75, 3.05) is 26.2 Å². The van der Waals surface area contributed by atoms with Gasteiger partial charge in [0.15, 0.2) is 0 Å². The van der Waals surface area contributed by atoms with Gasteiger partial charge in [-0.05, 0) is 67.2 Å². The van der Waals surface area contributed by atoms with E-state index in [0.717, 1.165) is 49.3 Å². The van der Waals surface area contributed by atoms with E-state index in [4.69, 9.17) is 0 Å². The van der Waals surface area contributed by atoms with E-state index in [9.17, 15) is 4.79 Å².